The normalized spacial score (nSPS) is 18.9. The number of nitrogens with one attached hydrogen (secondary N) is 1. The zero-order valence-electron chi connectivity index (χ0n) is 10.2. The molecule has 0 aromatic heterocycles. The van der Waals surface area contributed by atoms with Gasteiger partial charge in [0.25, 0.3) is 5.91 Å². The Kier molecular flexibility index (Phi) is 4.65. The summed E-state index contributed by atoms with van der Waals surface area (Å²) in [4.78, 5) is 14.1. The lowest BCUT2D eigenvalue weighted by atomic mass is 10.1. The van der Waals surface area contributed by atoms with Crippen LogP contribution in [0.2, 0.25) is 5.02 Å². The van der Waals surface area contributed by atoms with Gasteiger partial charge in [-0.1, -0.05) is 11.6 Å². The molecular weight excluding hydrogens is 316 g/mol. The number of carbonyl (C=O) groups is 1. The SMILES string of the molecule is CN(CC1CCCN1)C(=O)c1cc(Cl)ccc1Br. The lowest BCUT2D eigenvalue weighted by molar-refractivity contribution is 0.0783. The van der Waals surface area contributed by atoms with Crippen molar-refractivity contribution in [3.05, 3.63) is 33.3 Å². The van der Waals surface area contributed by atoms with E-state index in [1.54, 1.807) is 23.1 Å². The molecule has 0 radical (unpaired) electrons. The minimum Gasteiger partial charge on any atom is -0.340 e. The Hall–Kier alpha value is -0.580. The van der Waals surface area contributed by atoms with E-state index in [-0.39, 0.29) is 5.91 Å². The molecule has 1 amide bonds. The fourth-order valence-corrected chi connectivity index (χ4v) is 2.78. The van der Waals surface area contributed by atoms with Gasteiger partial charge in [0.2, 0.25) is 0 Å². The average Bonchev–Trinajstić information content (AvgIpc) is 2.84. The molecule has 1 N–H and O–H groups in total. The summed E-state index contributed by atoms with van der Waals surface area (Å²) in [6.45, 7) is 1.78. The summed E-state index contributed by atoms with van der Waals surface area (Å²) in [6, 6.07) is 5.68. The summed E-state index contributed by atoms with van der Waals surface area (Å²) in [5.74, 6) is -0.00178. The lowest BCUT2D eigenvalue weighted by Gasteiger charge is -2.22. The molecule has 1 aromatic rings. The van der Waals surface area contributed by atoms with Crippen LogP contribution in [0.25, 0.3) is 0 Å². The molecule has 0 bridgehead atoms. The molecular formula is C13H16BrClN2O. The van der Waals surface area contributed by atoms with Crippen LogP contribution in [0.5, 0.6) is 0 Å². The van der Waals surface area contributed by atoms with Gasteiger partial charge in [-0.05, 0) is 53.5 Å². The molecule has 98 valence electrons. The van der Waals surface area contributed by atoms with Crippen molar-refractivity contribution in [3.8, 4) is 0 Å². The first-order chi connectivity index (χ1) is 8.58. The highest BCUT2D eigenvalue weighted by atomic mass is 79.9. The summed E-state index contributed by atoms with van der Waals surface area (Å²) in [7, 11) is 1.83. The van der Waals surface area contributed by atoms with Crippen molar-refractivity contribution in [2.45, 2.75) is 18.9 Å². The third-order valence-corrected chi connectivity index (χ3v) is 4.09. The zero-order valence-corrected chi connectivity index (χ0v) is 12.6. The highest BCUT2D eigenvalue weighted by molar-refractivity contribution is 9.10. The van der Waals surface area contributed by atoms with Gasteiger partial charge < -0.3 is 10.2 Å². The first-order valence-corrected chi connectivity index (χ1v) is 7.19. The summed E-state index contributed by atoms with van der Waals surface area (Å²) in [5, 5.41) is 3.97. The predicted molar refractivity (Wildman–Crippen MR) is 77.1 cm³/mol. The number of nitrogens with zero attached hydrogens (tertiary/aromatic N) is 1. The van der Waals surface area contributed by atoms with Gasteiger partial charge in [-0.3, -0.25) is 4.79 Å². The molecule has 1 atom stereocenters. The Labute approximate surface area is 121 Å². The van der Waals surface area contributed by atoms with Gasteiger partial charge in [0.15, 0.2) is 0 Å². The second-order valence-electron chi connectivity index (χ2n) is 4.60. The predicted octanol–water partition coefficient (Wildman–Crippen LogP) is 2.93. The van der Waals surface area contributed by atoms with E-state index in [0.717, 1.165) is 24.0 Å². The van der Waals surface area contributed by atoms with Gasteiger partial charge in [0.1, 0.15) is 0 Å². The molecule has 1 unspecified atom stereocenters. The second-order valence-corrected chi connectivity index (χ2v) is 5.89. The smallest absolute Gasteiger partial charge is 0.254 e. The molecule has 1 heterocycles. The standard InChI is InChI=1S/C13H16BrClN2O/c1-17(8-10-3-2-6-16-10)13(18)11-7-9(15)4-5-12(11)14/h4-5,7,10,16H,2-3,6,8H2,1H3. The Morgan fingerprint density at radius 3 is 3.06 bits per heavy atom. The summed E-state index contributed by atoms with van der Waals surface area (Å²) in [6.07, 6.45) is 2.32. The van der Waals surface area contributed by atoms with Crippen LogP contribution >= 0.6 is 27.5 Å². The van der Waals surface area contributed by atoms with Crippen molar-refractivity contribution in [3.63, 3.8) is 0 Å². The second kappa shape index (κ2) is 6.04. The number of hydrogen-bond donors (Lipinski definition) is 1. The first kappa shape index (κ1) is 13.8. The van der Waals surface area contributed by atoms with Gasteiger partial charge in [-0.2, -0.15) is 0 Å². The lowest BCUT2D eigenvalue weighted by Crippen LogP contribution is -2.38. The van der Waals surface area contributed by atoms with Crippen LogP contribution in [0.4, 0.5) is 0 Å². The zero-order chi connectivity index (χ0) is 13.1. The molecule has 0 saturated carbocycles. The maximum atomic E-state index is 12.3. The van der Waals surface area contributed by atoms with E-state index in [2.05, 4.69) is 21.2 Å². The molecule has 2 rings (SSSR count). The van der Waals surface area contributed by atoms with Crippen molar-refractivity contribution >= 4 is 33.4 Å². The summed E-state index contributed by atoms with van der Waals surface area (Å²) < 4.78 is 0.781. The van der Waals surface area contributed by atoms with E-state index in [4.69, 9.17) is 11.6 Å². The topological polar surface area (TPSA) is 32.3 Å². The number of rotatable bonds is 3. The molecule has 1 fully saturated rings. The molecule has 0 aliphatic carbocycles. The van der Waals surface area contributed by atoms with Gasteiger partial charge >= 0.3 is 0 Å². The minimum atomic E-state index is -0.00178. The van der Waals surface area contributed by atoms with Crippen molar-refractivity contribution in [1.82, 2.24) is 10.2 Å². The molecule has 18 heavy (non-hydrogen) atoms. The van der Waals surface area contributed by atoms with Crippen molar-refractivity contribution in [2.75, 3.05) is 20.1 Å². The molecule has 0 spiro atoms. The summed E-state index contributed by atoms with van der Waals surface area (Å²) in [5.41, 5.74) is 0.614. The number of carbonyl (C=O) groups excluding carboxylic acids is 1. The van der Waals surface area contributed by atoms with Gasteiger partial charge in [-0.15, -0.1) is 0 Å². The maximum Gasteiger partial charge on any atom is 0.254 e. The number of amides is 1. The quantitative estimate of drug-likeness (QED) is 0.923. The number of halogens is 2. The third-order valence-electron chi connectivity index (χ3n) is 3.16. The molecule has 1 aliphatic rings. The third kappa shape index (κ3) is 3.25. The highest BCUT2D eigenvalue weighted by Crippen LogP contribution is 2.22. The van der Waals surface area contributed by atoms with Crippen LogP contribution < -0.4 is 5.32 Å². The average molecular weight is 332 g/mol. The van der Waals surface area contributed by atoms with E-state index < -0.39 is 0 Å². The van der Waals surface area contributed by atoms with Crippen molar-refractivity contribution < 1.29 is 4.79 Å². The molecule has 1 saturated heterocycles. The van der Waals surface area contributed by atoms with Crippen LogP contribution in [0, 0.1) is 0 Å². The number of hydrogen-bond acceptors (Lipinski definition) is 2. The summed E-state index contributed by atoms with van der Waals surface area (Å²) >= 11 is 9.32. The van der Waals surface area contributed by atoms with Crippen LogP contribution in [-0.4, -0.2) is 37.0 Å². The van der Waals surface area contributed by atoms with Crippen LogP contribution in [-0.2, 0) is 0 Å². The van der Waals surface area contributed by atoms with Gasteiger partial charge in [0.05, 0.1) is 5.56 Å². The van der Waals surface area contributed by atoms with Crippen LogP contribution in [0.1, 0.15) is 23.2 Å². The fourth-order valence-electron chi connectivity index (χ4n) is 2.19. The number of benzene rings is 1. The van der Waals surface area contributed by atoms with Crippen molar-refractivity contribution in [2.24, 2.45) is 0 Å². The fraction of sp³-hybridized carbons (Fsp3) is 0.462. The molecule has 1 aromatic carbocycles. The highest BCUT2D eigenvalue weighted by Gasteiger charge is 2.21. The van der Waals surface area contributed by atoms with E-state index in [9.17, 15) is 4.79 Å². The van der Waals surface area contributed by atoms with E-state index in [1.165, 1.54) is 6.42 Å². The largest absolute Gasteiger partial charge is 0.340 e. The van der Waals surface area contributed by atoms with Crippen molar-refractivity contribution in [1.29, 1.82) is 0 Å². The maximum absolute atomic E-state index is 12.3. The minimum absolute atomic E-state index is 0.00178. The van der Waals surface area contributed by atoms with Crippen LogP contribution in [0.3, 0.4) is 0 Å². The monoisotopic (exact) mass is 330 g/mol. The van der Waals surface area contributed by atoms with Gasteiger partial charge in [-0.25, -0.2) is 0 Å². The number of likely N-dealkylation sites (N-methyl/N-ethyl adjacent to an activating group) is 1. The first-order valence-electron chi connectivity index (χ1n) is 6.02. The van der Waals surface area contributed by atoms with E-state index in [0.29, 0.717) is 16.6 Å². The Morgan fingerprint density at radius 1 is 1.61 bits per heavy atom. The molecule has 1 aliphatic heterocycles. The van der Waals surface area contributed by atoms with Gasteiger partial charge in [0, 0.05) is 29.1 Å². The van der Waals surface area contributed by atoms with E-state index >= 15 is 0 Å². The molecule has 5 heteroatoms. The Balaban J connectivity index is 2.07. The molecule has 3 nitrogen and oxygen atoms in total. The van der Waals surface area contributed by atoms with Crippen LogP contribution in [0.15, 0.2) is 22.7 Å². The Morgan fingerprint density at radius 2 is 2.39 bits per heavy atom. The Bertz CT molecular complexity index is 447. The van der Waals surface area contributed by atoms with E-state index in [1.807, 2.05) is 7.05 Å².